The fourth-order valence-electron chi connectivity index (χ4n) is 4.66. The molecule has 0 amide bonds. The van der Waals surface area contributed by atoms with Gasteiger partial charge in [0.1, 0.15) is 6.33 Å². The maximum absolute atomic E-state index is 9.92. The Balaban J connectivity index is 2.33. The van der Waals surface area contributed by atoms with Crippen LogP contribution in [0, 0.1) is 16.2 Å². The molecule has 0 aliphatic heterocycles. The Morgan fingerprint density at radius 3 is 1.93 bits per heavy atom. The Bertz CT molecular complexity index is 785. The molecule has 1 heterocycles. The number of aromatic hydroxyl groups is 2. The quantitative estimate of drug-likeness (QED) is 0.601. The van der Waals surface area contributed by atoms with Crippen LogP contribution in [0.5, 0.6) is 11.8 Å². The van der Waals surface area contributed by atoms with Crippen molar-refractivity contribution in [1.82, 2.24) is 9.55 Å². The lowest BCUT2D eigenvalue weighted by Gasteiger charge is -2.60. The largest absolute Gasteiger partial charge is 0.491 e. The van der Waals surface area contributed by atoms with Gasteiger partial charge in [-0.05, 0) is 40.1 Å². The molecule has 0 spiro atoms. The zero-order chi connectivity index (χ0) is 21.4. The Morgan fingerprint density at radius 1 is 0.893 bits per heavy atom. The van der Waals surface area contributed by atoms with Gasteiger partial charge in [-0.15, -0.1) is 0 Å². The van der Waals surface area contributed by atoms with E-state index in [0.29, 0.717) is 6.54 Å². The molecule has 2 rings (SSSR count). The first-order valence-corrected chi connectivity index (χ1v) is 10.2. The fraction of sp³-hybridized carbons (Fsp3) is 0.625. The van der Waals surface area contributed by atoms with E-state index < -0.39 is 0 Å². The average molecular weight is 387 g/mol. The molecule has 4 heteroatoms. The number of benzene rings is 1. The number of hydrogen-bond donors (Lipinski definition) is 2. The molecule has 0 bridgehead atoms. The molecule has 1 aromatic heterocycles. The minimum atomic E-state index is -0.302. The van der Waals surface area contributed by atoms with Crippen LogP contribution in [-0.4, -0.2) is 19.8 Å². The minimum absolute atomic E-state index is 0.00127. The highest BCUT2D eigenvalue weighted by Crippen LogP contribution is 2.61. The standard InChI is InChI=1S/C24H38N2O2/c1-21(2,3)24(8,15-12-16-26-17-25-19(27)20(26)28)23(6,7)22(4,5)18-13-10-9-11-14-18/h9-11,13-14,17,27-28H,12,15-16H2,1-8H3. The smallest absolute Gasteiger partial charge is 0.274 e. The molecule has 0 aliphatic carbocycles. The van der Waals surface area contributed by atoms with Crippen LogP contribution in [0.3, 0.4) is 0 Å². The molecule has 156 valence electrons. The molecule has 2 aromatic rings. The van der Waals surface area contributed by atoms with Crippen LogP contribution < -0.4 is 0 Å². The Labute approximate surface area is 170 Å². The average Bonchev–Trinajstić information content (AvgIpc) is 2.93. The van der Waals surface area contributed by atoms with E-state index in [2.05, 4.69) is 90.7 Å². The highest BCUT2D eigenvalue weighted by Gasteiger charge is 2.55. The topological polar surface area (TPSA) is 58.3 Å². The van der Waals surface area contributed by atoms with E-state index in [1.807, 2.05) is 0 Å². The third-order valence-corrected chi connectivity index (χ3v) is 7.96. The van der Waals surface area contributed by atoms with E-state index in [1.54, 1.807) is 4.57 Å². The highest BCUT2D eigenvalue weighted by molar-refractivity contribution is 5.28. The summed E-state index contributed by atoms with van der Waals surface area (Å²) in [5.74, 6) is -0.453. The molecule has 0 saturated carbocycles. The molecule has 0 aliphatic rings. The summed E-state index contributed by atoms with van der Waals surface area (Å²) in [6, 6.07) is 10.8. The number of nitrogens with zero attached hydrogens (tertiary/aromatic N) is 2. The molecular formula is C24H38N2O2. The first kappa shape index (κ1) is 22.3. The summed E-state index contributed by atoms with van der Waals surface area (Å²) < 4.78 is 1.62. The van der Waals surface area contributed by atoms with Crippen LogP contribution >= 0.6 is 0 Å². The second kappa shape index (κ2) is 7.46. The zero-order valence-electron chi connectivity index (χ0n) is 18.9. The molecule has 28 heavy (non-hydrogen) atoms. The lowest BCUT2D eigenvalue weighted by atomic mass is 9.44. The third kappa shape index (κ3) is 3.66. The molecule has 0 saturated heterocycles. The summed E-state index contributed by atoms with van der Waals surface area (Å²) in [5, 5.41) is 19.4. The van der Waals surface area contributed by atoms with Gasteiger partial charge in [0.25, 0.3) is 11.8 Å². The summed E-state index contributed by atoms with van der Waals surface area (Å²) in [5.41, 5.74) is 1.44. The lowest BCUT2D eigenvalue weighted by molar-refractivity contribution is -0.0779. The summed E-state index contributed by atoms with van der Waals surface area (Å²) in [6.07, 6.45) is 3.39. The zero-order valence-corrected chi connectivity index (χ0v) is 18.9. The first-order chi connectivity index (χ1) is 12.8. The van der Waals surface area contributed by atoms with Crippen LogP contribution in [0.1, 0.15) is 73.8 Å². The molecule has 0 fully saturated rings. The van der Waals surface area contributed by atoms with Gasteiger partial charge >= 0.3 is 0 Å². The van der Waals surface area contributed by atoms with Crippen molar-refractivity contribution in [2.75, 3.05) is 0 Å². The summed E-state index contributed by atoms with van der Waals surface area (Å²) >= 11 is 0. The molecule has 1 atom stereocenters. The number of rotatable bonds is 7. The molecule has 2 N–H and O–H groups in total. The van der Waals surface area contributed by atoms with E-state index >= 15 is 0 Å². The molecule has 1 unspecified atom stereocenters. The van der Waals surface area contributed by atoms with Gasteiger partial charge in [-0.2, -0.15) is 4.98 Å². The number of imidazole rings is 1. The van der Waals surface area contributed by atoms with E-state index in [-0.39, 0.29) is 33.4 Å². The summed E-state index contributed by atoms with van der Waals surface area (Å²) in [6.45, 7) is 19.5. The summed E-state index contributed by atoms with van der Waals surface area (Å²) in [7, 11) is 0. The SMILES string of the molecule is CC(C)(C)C(C)(CCCn1cnc(O)c1O)C(C)(C)C(C)(C)c1ccccc1. The van der Waals surface area contributed by atoms with Crippen molar-refractivity contribution in [3.63, 3.8) is 0 Å². The fourth-order valence-corrected chi connectivity index (χ4v) is 4.66. The van der Waals surface area contributed by atoms with Gasteiger partial charge in [0.15, 0.2) is 0 Å². The van der Waals surface area contributed by atoms with Gasteiger partial charge in [-0.1, -0.05) is 85.7 Å². The van der Waals surface area contributed by atoms with Crippen LogP contribution in [0.25, 0.3) is 0 Å². The van der Waals surface area contributed by atoms with Crippen LogP contribution in [0.15, 0.2) is 36.7 Å². The van der Waals surface area contributed by atoms with Crippen molar-refractivity contribution >= 4 is 0 Å². The minimum Gasteiger partial charge on any atom is -0.491 e. The number of aryl methyl sites for hydroxylation is 1. The van der Waals surface area contributed by atoms with Crippen LogP contribution in [0.2, 0.25) is 0 Å². The molecular weight excluding hydrogens is 348 g/mol. The van der Waals surface area contributed by atoms with Crippen molar-refractivity contribution in [3.8, 4) is 11.8 Å². The van der Waals surface area contributed by atoms with Gasteiger partial charge in [-0.3, -0.25) is 4.57 Å². The predicted molar refractivity (Wildman–Crippen MR) is 116 cm³/mol. The first-order valence-electron chi connectivity index (χ1n) is 10.2. The number of aromatic nitrogens is 2. The molecule has 4 nitrogen and oxygen atoms in total. The van der Waals surface area contributed by atoms with Crippen molar-refractivity contribution in [3.05, 3.63) is 42.2 Å². The highest BCUT2D eigenvalue weighted by atomic mass is 16.3. The van der Waals surface area contributed by atoms with E-state index in [0.717, 1.165) is 12.8 Å². The Morgan fingerprint density at radius 2 is 1.46 bits per heavy atom. The van der Waals surface area contributed by atoms with Crippen molar-refractivity contribution in [2.45, 2.75) is 80.2 Å². The second-order valence-corrected chi connectivity index (χ2v) is 10.4. The second-order valence-electron chi connectivity index (χ2n) is 10.4. The van der Waals surface area contributed by atoms with Crippen molar-refractivity contribution < 1.29 is 10.2 Å². The van der Waals surface area contributed by atoms with Crippen molar-refractivity contribution in [2.24, 2.45) is 16.2 Å². The van der Waals surface area contributed by atoms with Crippen LogP contribution in [0.4, 0.5) is 0 Å². The van der Waals surface area contributed by atoms with Crippen LogP contribution in [-0.2, 0) is 12.0 Å². The van der Waals surface area contributed by atoms with E-state index in [1.165, 1.54) is 11.9 Å². The Kier molecular flexibility index (Phi) is 5.94. The maximum Gasteiger partial charge on any atom is 0.274 e. The van der Waals surface area contributed by atoms with Crippen molar-refractivity contribution in [1.29, 1.82) is 0 Å². The third-order valence-electron chi connectivity index (χ3n) is 7.96. The van der Waals surface area contributed by atoms with Gasteiger partial charge in [0, 0.05) is 6.54 Å². The van der Waals surface area contributed by atoms with Gasteiger partial charge in [0.2, 0.25) is 0 Å². The van der Waals surface area contributed by atoms with Gasteiger partial charge in [-0.25, -0.2) is 0 Å². The summed E-state index contributed by atoms with van der Waals surface area (Å²) in [4.78, 5) is 3.78. The van der Waals surface area contributed by atoms with E-state index in [9.17, 15) is 10.2 Å². The van der Waals surface area contributed by atoms with Gasteiger partial charge < -0.3 is 10.2 Å². The monoisotopic (exact) mass is 386 g/mol. The van der Waals surface area contributed by atoms with Gasteiger partial charge in [0.05, 0.1) is 0 Å². The Hall–Kier alpha value is -1.97. The molecule has 0 radical (unpaired) electrons. The maximum atomic E-state index is 9.92. The predicted octanol–water partition coefficient (Wildman–Crippen LogP) is 6.13. The normalized spacial score (nSPS) is 15.4. The molecule has 1 aromatic carbocycles. The number of hydrogen-bond acceptors (Lipinski definition) is 3. The lowest BCUT2D eigenvalue weighted by Crippen LogP contribution is -2.54. The van der Waals surface area contributed by atoms with E-state index in [4.69, 9.17) is 0 Å².